The lowest BCUT2D eigenvalue weighted by molar-refractivity contribution is 0.484. The number of ether oxygens (including phenoxy) is 1. The summed E-state index contributed by atoms with van der Waals surface area (Å²) in [5.74, 6) is 1.47. The first kappa shape index (κ1) is 12.2. The highest BCUT2D eigenvalue weighted by Gasteiger charge is 2.09. The van der Waals surface area contributed by atoms with Crippen molar-refractivity contribution in [3.05, 3.63) is 55.1 Å². The van der Waals surface area contributed by atoms with E-state index in [4.69, 9.17) is 10.5 Å². The molecule has 2 heterocycles. The summed E-state index contributed by atoms with van der Waals surface area (Å²) >= 11 is 0. The van der Waals surface area contributed by atoms with Gasteiger partial charge >= 0.3 is 0 Å². The molecule has 1 aromatic carbocycles. The molecule has 0 fully saturated rings. The lowest BCUT2D eigenvalue weighted by Gasteiger charge is -2.09. The zero-order valence-corrected chi connectivity index (χ0v) is 11.0. The Labute approximate surface area is 116 Å². The maximum atomic E-state index is 5.90. The first-order chi connectivity index (χ1) is 9.72. The second-order valence-corrected chi connectivity index (χ2v) is 4.45. The molecule has 0 spiro atoms. The maximum Gasteiger partial charge on any atom is 0.138 e. The van der Waals surface area contributed by atoms with Crippen LogP contribution in [0.3, 0.4) is 0 Å². The van der Waals surface area contributed by atoms with Crippen LogP contribution in [0.1, 0.15) is 0 Å². The molecule has 0 radical (unpaired) electrons. The zero-order chi connectivity index (χ0) is 13.9. The number of aromatic nitrogens is 3. The van der Waals surface area contributed by atoms with Crippen LogP contribution in [0.5, 0.6) is 11.5 Å². The lowest BCUT2D eigenvalue weighted by Crippen LogP contribution is -1.90. The fraction of sp³-hybridized carbons (Fsp3) is 0.0667. The van der Waals surface area contributed by atoms with E-state index in [2.05, 4.69) is 10.1 Å². The predicted octanol–water partition coefficient (Wildman–Crippen LogP) is 2.86. The van der Waals surface area contributed by atoms with Crippen molar-refractivity contribution in [1.29, 1.82) is 0 Å². The molecule has 0 saturated carbocycles. The minimum atomic E-state index is 0.708. The topological polar surface area (TPSA) is 66.0 Å². The van der Waals surface area contributed by atoms with Crippen molar-refractivity contribution in [1.82, 2.24) is 14.8 Å². The molecule has 2 aromatic heterocycles. The molecule has 0 saturated heterocycles. The molecule has 20 heavy (non-hydrogen) atoms. The summed E-state index contributed by atoms with van der Waals surface area (Å²) in [7, 11) is 1.88. The van der Waals surface area contributed by atoms with Crippen molar-refractivity contribution in [2.24, 2.45) is 7.05 Å². The average molecular weight is 266 g/mol. The SMILES string of the molecule is Cn1cc(-c2cnccc2Oc2ccc(N)cc2)cn1. The van der Waals surface area contributed by atoms with Crippen LogP contribution < -0.4 is 10.5 Å². The van der Waals surface area contributed by atoms with E-state index in [0.717, 1.165) is 22.6 Å². The summed E-state index contributed by atoms with van der Waals surface area (Å²) in [6.07, 6.45) is 7.18. The zero-order valence-electron chi connectivity index (χ0n) is 11.0. The number of nitrogens with zero attached hydrogens (tertiary/aromatic N) is 3. The average Bonchev–Trinajstić information content (AvgIpc) is 2.88. The fourth-order valence-corrected chi connectivity index (χ4v) is 1.91. The molecule has 3 rings (SSSR count). The van der Waals surface area contributed by atoms with E-state index in [1.54, 1.807) is 35.4 Å². The first-order valence-electron chi connectivity index (χ1n) is 6.19. The van der Waals surface area contributed by atoms with Crippen molar-refractivity contribution in [3.63, 3.8) is 0 Å². The maximum absolute atomic E-state index is 5.90. The molecule has 0 unspecified atom stereocenters. The second-order valence-electron chi connectivity index (χ2n) is 4.45. The van der Waals surface area contributed by atoms with Gasteiger partial charge in [0, 0.05) is 42.5 Å². The smallest absolute Gasteiger partial charge is 0.138 e. The van der Waals surface area contributed by atoms with Crippen LogP contribution in [0, 0.1) is 0 Å². The molecule has 0 amide bonds. The minimum Gasteiger partial charge on any atom is -0.457 e. The van der Waals surface area contributed by atoms with Gasteiger partial charge in [-0.2, -0.15) is 5.10 Å². The van der Waals surface area contributed by atoms with Gasteiger partial charge in [-0.25, -0.2) is 0 Å². The number of anilines is 1. The van der Waals surface area contributed by atoms with Gasteiger partial charge in [0.2, 0.25) is 0 Å². The Kier molecular flexibility index (Phi) is 3.09. The standard InChI is InChI=1S/C15H14N4O/c1-19-10-11(8-18-19)14-9-17-7-6-15(14)20-13-4-2-12(16)3-5-13/h2-10H,16H2,1H3. The molecule has 5 heteroatoms. The van der Waals surface area contributed by atoms with Gasteiger partial charge in [0.05, 0.1) is 6.20 Å². The number of pyridine rings is 1. The predicted molar refractivity (Wildman–Crippen MR) is 77.4 cm³/mol. The Bertz CT molecular complexity index is 719. The van der Waals surface area contributed by atoms with E-state index in [9.17, 15) is 0 Å². The van der Waals surface area contributed by atoms with E-state index in [1.165, 1.54) is 0 Å². The van der Waals surface area contributed by atoms with Gasteiger partial charge in [0.1, 0.15) is 11.5 Å². The number of hydrogen-bond donors (Lipinski definition) is 1. The summed E-state index contributed by atoms with van der Waals surface area (Å²) in [6, 6.07) is 9.12. The fourth-order valence-electron chi connectivity index (χ4n) is 1.91. The third-order valence-corrected chi connectivity index (χ3v) is 2.90. The van der Waals surface area contributed by atoms with Gasteiger partial charge in [0.25, 0.3) is 0 Å². The van der Waals surface area contributed by atoms with Crippen molar-refractivity contribution in [2.45, 2.75) is 0 Å². The third-order valence-electron chi connectivity index (χ3n) is 2.90. The van der Waals surface area contributed by atoms with Crippen LogP contribution in [-0.2, 0) is 7.05 Å². The number of benzene rings is 1. The molecule has 5 nitrogen and oxygen atoms in total. The van der Waals surface area contributed by atoms with Crippen LogP contribution in [0.4, 0.5) is 5.69 Å². The minimum absolute atomic E-state index is 0.708. The van der Waals surface area contributed by atoms with Crippen LogP contribution in [-0.4, -0.2) is 14.8 Å². The van der Waals surface area contributed by atoms with Gasteiger partial charge in [-0.15, -0.1) is 0 Å². The molecule has 3 aromatic rings. The van der Waals surface area contributed by atoms with E-state index >= 15 is 0 Å². The summed E-state index contributed by atoms with van der Waals surface area (Å²) in [6.45, 7) is 0. The number of hydrogen-bond acceptors (Lipinski definition) is 4. The largest absolute Gasteiger partial charge is 0.457 e. The molecular weight excluding hydrogens is 252 g/mol. The quantitative estimate of drug-likeness (QED) is 0.740. The lowest BCUT2D eigenvalue weighted by atomic mass is 10.1. The normalized spacial score (nSPS) is 10.4. The summed E-state index contributed by atoms with van der Waals surface area (Å²) in [4.78, 5) is 4.15. The summed E-state index contributed by atoms with van der Waals surface area (Å²) in [5.41, 5.74) is 8.24. The van der Waals surface area contributed by atoms with Crippen molar-refractivity contribution in [3.8, 4) is 22.6 Å². The molecule has 0 atom stereocenters. The van der Waals surface area contributed by atoms with Crippen LogP contribution in [0.15, 0.2) is 55.1 Å². The van der Waals surface area contributed by atoms with Crippen molar-refractivity contribution < 1.29 is 4.74 Å². The molecule has 0 aliphatic carbocycles. The molecule has 0 aliphatic rings. The highest BCUT2D eigenvalue weighted by molar-refractivity contribution is 5.68. The Morgan fingerprint density at radius 1 is 1.10 bits per heavy atom. The highest BCUT2D eigenvalue weighted by atomic mass is 16.5. The molecule has 2 N–H and O–H groups in total. The number of nitrogen functional groups attached to an aromatic ring is 1. The first-order valence-corrected chi connectivity index (χ1v) is 6.19. The van der Waals surface area contributed by atoms with E-state index < -0.39 is 0 Å². The number of nitrogens with two attached hydrogens (primary N) is 1. The van der Waals surface area contributed by atoms with Crippen LogP contribution >= 0.6 is 0 Å². The number of rotatable bonds is 3. The van der Waals surface area contributed by atoms with Crippen LogP contribution in [0.2, 0.25) is 0 Å². The summed E-state index contributed by atoms with van der Waals surface area (Å²) in [5, 5.41) is 4.17. The Morgan fingerprint density at radius 2 is 1.90 bits per heavy atom. The molecule has 0 bridgehead atoms. The molecule has 0 aliphatic heterocycles. The monoisotopic (exact) mass is 266 g/mol. The van der Waals surface area contributed by atoms with Crippen molar-refractivity contribution in [2.75, 3.05) is 5.73 Å². The molecule has 100 valence electrons. The highest BCUT2D eigenvalue weighted by Crippen LogP contribution is 2.32. The van der Waals surface area contributed by atoms with E-state index in [0.29, 0.717) is 5.69 Å². The van der Waals surface area contributed by atoms with Gasteiger partial charge in [-0.3, -0.25) is 9.67 Å². The van der Waals surface area contributed by atoms with E-state index in [-0.39, 0.29) is 0 Å². The van der Waals surface area contributed by atoms with E-state index in [1.807, 2.05) is 31.4 Å². The number of aryl methyl sites for hydroxylation is 1. The van der Waals surface area contributed by atoms with Gasteiger partial charge in [-0.05, 0) is 30.3 Å². The van der Waals surface area contributed by atoms with Gasteiger partial charge in [-0.1, -0.05) is 0 Å². The Hall–Kier alpha value is -2.82. The third kappa shape index (κ3) is 2.47. The van der Waals surface area contributed by atoms with Crippen molar-refractivity contribution >= 4 is 5.69 Å². The van der Waals surface area contributed by atoms with Gasteiger partial charge in [0.15, 0.2) is 0 Å². The van der Waals surface area contributed by atoms with Crippen LogP contribution in [0.25, 0.3) is 11.1 Å². The van der Waals surface area contributed by atoms with Gasteiger partial charge < -0.3 is 10.5 Å². The molecular formula is C15H14N4O. The Balaban J connectivity index is 1.96. The second kappa shape index (κ2) is 5.05. The summed E-state index contributed by atoms with van der Waals surface area (Å²) < 4.78 is 7.64. The Morgan fingerprint density at radius 3 is 2.60 bits per heavy atom.